The minimum absolute atomic E-state index is 0.226. The van der Waals surface area contributed by atoms with Crippen LogP contribution in [-0.2, 0) is 9.59 Å². The number of hydrogen-bond donors (Lipinski definition) is 1. The van der Waals surface area contributed by atoms with Crippen LogP contribution in [0, 0.1) is 5.82 Å². The Morgan fingerprint density at radius 2 is 2.12 bits per heavy atom. The predicted octanol–water partition coefficient (Wildman–Crippen LogP) is 1.98. The molecule has 1 aromatic rings. The van der Waals surface area contributed by atoms with Crippen molar-refractivity contribution in [3.63, 3.8) is 0 Å². The fourth-order valence-corrected chi connectivity index (χ4v) is 1.64. The van der Waals surface area contributed by atoms with Crippen LogP contribution >= 0.6 is 0 Å². The first kappa shape index (κ1) is 13.2. The molecule has 0 fully saturated rings. The number of rotatable bonds is 5. The van der Waals surface area contributed by atoms with E-state index in [9.17, 15) is 14.0 Å². The van der Waals surface area contributed by atoms with Gasteiger partial charge in [-0.15, -0.1) is 0 Å². The molecule has 0 aromatic heterocycles. The number of hydrogen-bond acceptors (Lipinski definition) is 3. The lowest BCUT2D eigenvalue weighted by molar-refractivity contribution is -0.149. The highest BCUT2D eigenvalue weighted by atomic mass is 19.1. The maximum Gasteiger partial charge on any atom is 0.372 e. The van der Waals surface area contributed by atoms with E-state index < -0.39 is 23.5 Å². The van der Waals surface area contributed by atoms with Crippen molar-refractivity contribution in [2.45, 2.75) is 19.3 Å². The van der Waals surface area contributed by atoms with Crippen molar-refractivity contribution < 1.29 is 23.8 Å². The second-order valence-corrected chi connectivity index (χ2v) is 3.69. The first-order valence-corrected chi connectivity index (χ1v) is 5.06. The van der Waals surface area contributed by atoms with Gasteiger partial charge in [-0.3, -0.25) is 4.79 Å². The molecule has 0 aliphatic carbocycles. The summed E-state index contributed by atoms with van der Waals surface area (Å²) in [6.07, 6.45) is -0.257. The molecule has 0 heterocycles. The van der Waals surface area contributed by atoms with Crippen molar-refractivity contribution >= 4 is 11.8 Å². The molecule has 1 rings (SSSR count). The minimum atomic E-state index is -1.51. The van der Waals surface area contributed by atoms with E-state index in [1.807, 2.05) is 0 Å². The standard InChI is InChI=1S/C12H13FO4/c1-7(6-9(14)12(15)16)11-8(13)4-3-5-10(11)17-2/h3-5,7H,6H2,1-2H3,(H,15,16). The first-order chi connectivity index (χ1) is 7.97. The van der Waals surface area contributed by atoms with Gasteiger partial charge in [0.05, 0.1) is 7.11 Å². The number of ether oxygens (including phenoxy) is 1. The first-order valence-electron chi connectivity index (χ1n) is 5.06. The summed E-state index contributed by atoms with van der Waals surface area (Å²) in [6.45, 7) is 1.59. The SMILES string of the molecule is COc1cccc(F)c1C(C)CC(=O)C(=O)O. The molecule has 0 spiro atoms. The van der Waals surface area contributed by atoms with Gasteiger partial charge in [0.15, 0.2) is 0 Å². The highest BCUT2D eigenvalue weighted by molar-refractivity contribution is 6.32. The molecule has 1 aromatic carbocycles. The highest BCUT2D eigenvalue weighted by Gasteiger charge is 2.22. The van der Waals surface area contributed by atoms with Crippen molar-refractivity contribution in [2.24, 2.45) is 0 Å². The third-order valence-electron chi connectivity index (χ3n) is 2.46. The van der Waals surface area contributed by atoms with Crippen molar-refractivity contribution in [2.75, 3.05) is 7.11 Å². The van der Waals surface area contributed by atoms with E-state index in [-0.39, 0.29) is 12.0 Å². The number of halogens is 1. The molecule has 0 saturated carbocycles. The van der Waals surface area contributed by atoms with Gasteiger partial charge in [0.1, 0.15) is 11.6 Å². The van der Waals surface area contributed by atoms with Gasteiger partial charge in [-0.05, 0) is 18.1 Å². The van der Waals surface area contributed by atoms with Gasteiger partial charge >= 0.3 is 5.97 Å². The fourth-order valence-electron chi connectivity index (χ4n) is 1.64. The Labute approximate surface area is 98.0 Å². The summed E-state index contributed by atoms with van der Waals surface area (Å²) in [4.78, 5) is 21.5. The van der Waals surface area contributed by atoms with Crippen LogP contribution in [0.15, 0.2) is 18.2 Å². The molecule has 0 aliphatic rings. The average Bonchev–Trinajstić information content (AvgIpc) is 2.27. The van der Waals surface area contributed by atoms with E-state index >= 15 is 0 Å². The minimum Gasteiger partial charge on any atom is -0.496 e. The van der Waals surface area contributed by atoms with Crippen LogP contribution in [0.2, 0.25) is 0 Å². The second kappa shape index (κ2) is 5.43. The summed E-state index contributed by atoms with van der Waals surface area (Å²) >= 11 is 0. The van der Waals surface area contributed by atoms with E-state index in [1.165, 1.54) is 19.2 Å². The number of ketones is 1. The number of Topliss-reactive ketones (excluding diaryl/α,β-unsaturated/α-hetero) is 1. The third kappa shape index (κ3) is 3.03. The number of carbonyl (C=O) groups is 2. The topological polar surface area (TPSA) is 63.6 Å². The van der Waals surface area contributed by atoms with Crippen molar-refractivity contribution in [3.8, 4) is 5.75 Å². The lowest BCUT2D eigenvalue weighted by atomic mass is 9.94. The normalized spacial score (nSPS) is 11.9. The summed E-state index contributed by atoms with van der Waals surface area (Å²) in [6, 6.07) is 4.31. The second-order valence-electron chi connectivity index (χ2n) is 3.69. The zero-order valence-corrected chi connectivity index (χ0v) is 9.57. The van der Waals surface area contributed by atoms with Crippen LogP contribution in [0.5, 0.6) is 5.75 Å². The summed E-state index contributed by atoms with van der Waals surface area (Å²) < 4.78 is 18.6. The lowest BCUT2D eigenvalue weighted by Gasteiger charge is -2.14. The van der Waals surface area contributed by atoms with Gasteiger partial charge in [0.25, 0.3) is 0 Å². The molecule has 1 atom stereocenters. The molecule has 5 heteroatoms. The number of benzene rings is 1. The van der Waals surface area contributed by atoms with Crippen molar-refractivity contribution in [3.05, 3.63) is 29.6 Å². The Balaban J connectivity index is 2.99. The monoisotopic (exact) mass is 240 g/mol. The predicted molar refractivity (Wildman–Crippen MR) is 58.6 cm³/mol. The zero-order chi connectivity index (χ0) is 13.0. The summed E-state index contributed by atoms with van der Waals surface area (Å²) in [5.74, 6) is -3.18. The van der Waals surface area contributed by atoms with Crippen LogP contribution in [0.25, 0.3) is 0 Å². The van der Waals surface area contributed by atoms with Crippen LogP contribution in [0.3, 0.4) is 0 Å². The molecule has 0 radical (unpaired) electrons. The Kier molecular flexibility index (Phi) is 4.20. The number of carboxylic acid groups (broad SMARTS) is 1. The largest absolute Gasteiger partial charge is 0.496 e. The molecule has 0 bridgehead atoms. The van der Waals surface area contributed by atoms with Crippen molar-refractivity contribution in [1.82, 2.24) is 0 Å². The Hall–Kier alpha value is -1.91. The smallest absolute Gasteiger partial charge is 0.372 e. The van der Waals surface area contributed by atoms with Crippen molar-refractivity contribution in [1.29, 1.82) is 0 Å². The van der Waals surface area contributed by atoms with E-state index in [4.69, 9.17) is 9.84 Å². The van der Waals surface area contributed by atoms with E-state index in [1.54, 1.807) is 13.0 Å². The maximum absolute atomic E-state index is 13.6. The molecule has 4 nitrogen and oxygen atoms in total. The number of carboxylic acids is 1. The zero-order valence-electron chi connectivity index (χ0n) is 9.57. The van der Waals surface area contributed by atoms with Gasteiger partial charge in [0, 0.05) is 12.0 Å². The molecule has 0 amide bonds. The lowest BCUT2D eigenvalue weighted by Crippen LogP contribution is -2.16. The molecule has 92 valence electrons. The summed E-state index contributed by atoms with van der Waals surface area (Å²) in [7, 11) is 1.39. The molecule has 0 aliphatic heterocycles. The van der Waals surface area contributed by atoms with E-state index in [0.717, 1.165) is 0 Å². The van der Waals surface area contributed by atoms with Gasteiger partial charge < -0.3 is 9.84 Å². The van der Waals surface area contributed by atoms with Crippen LogP contribution in [-0.4, -0.2) is 24.0 Å². The fraction of sp³-hybridized carbons (Fsp3) is 0.333. The number of methoxy groups -OCH3 is 1. The number of carbonyl (C=O) groups excluding carboxylic acids is 1. The molecular formula is C12H13FO4. The van der Waals surface area contributed by atoms with Gasteiger partial charge in [0.2, 0.25) is 5.78 Å². The van der Waals surface area contributed by atoms with Gasteiger partial charge in [-0.1, -0.05) is 13.0 Å². The molecule has 17 heavy (non-hydrogen) atoms. The Morgan fingerprint density at radius 3 is 2.65 bits per heavy atom. The quantitative estimate of drug-likeness (QED) is 0.799. The van der Waals surface area contributed by atoms with E-state index in [2.05, 4.69) is 0 Å². The van der Waals surface area contributed by atoms with Gasteiger partial charge in [-0.25, -0.2) is 9.18 Å². The van der Waals surface area contributed by atoms with Crippen LogP contribution in [0.1, 0.15) is 24.8 Å². The Morgan fingerprint density at radius 1 is 1.47 bits per heavy atom. The van der Waals surface area contributed by atoms with Crippen LogP contribution in [0.4, 0.5) is 4.39 Å². The Bertz CT molecular complexity index is 442. The molecule has 1 unspecified atom stereocenters. The molecule has 1 N–H and O–H groups in total. The average molecular weight is 240 g/mol. The summed E-state index contributed by atoms with van der Waals surface area (Å²) in [5.41, 5.74) is 0.226. The number of aliphatic carboxylic acids is 1. The van der Waals surface area contributed by atoms with E-state index in [0.29, 0.717) is 5.75 Å². The molecular weight excluding hydrogens is 227 g/mol. The third-order valence-corrected chi connectivity index (χ3v) is 2.46. The molecule has 0 saturated heterocycles. The maximum atomic E-state index is 13.6. The summed E-state index contributed by atoms with van der Waals surface area (Å²) in [5, 5.41) is 8.50. The van der Waals surface area contributed by atoms with Gasteiger partial charge in [-0.2, -0.15) is 0 Å². The van der Waals surface area contributed by atoms with Crippen LogP contribution < -0.4 is 4.74 Å². The highest BCUT2D eigenvalue weighted by Crippen LogP contribution is 2.31.